The number of amides is 1. The number of hydrogen-bond donors (Lipinski definition) is 1. The topological polar surface area (TPSA) is 81.5 Å². The third-order valence-corrected chi connectivity index (χ3v) is 3.35. The molecule has 0 unspecified atom stereocenters. The zero-order chi connectivity index (χ0) is 14.5. The molecule has 1 N–H and O–H groups in total. The van der Waals surface area contributed by atoms with Crippen molar-refractivity contribution < 1.29 is 14.5 Å². The van der Waals surface area contributed by atoms with E-state index in [4.69, 9.17) is 4.74 Å². The molecular formula is C14H18N2O4. The van der Waals surface area contributed by atoms with Crippen LogP contribution in [0.2, 0.25) is 0 Å². The van der Waals surface area contributed by atoms with Crippen molar-refractivity contribution in [1.82, 2.24) is 5.32 Å². The highest BCUT2D eigenvalue weighted by molar-refractivity contribution is 5.77. The number of rotatable bonds is 5. The third kappa shape index (κ3) is 3.26. The number of hydrogen-bond acceptors (Lipinski definition) is 4. The molecule has 1 amide bonds. The summed E-state index contributed by atoms with van der Waals surface area (Å²) in [6.07, 6.45) is 1.40. The molecule has 0 saturated carbocycles. The van der Waals surface area contributed by atoms with Crippen LogP contribution in [0.15, 0.2) is 24.3 Å². The highest BCUT2D eigenvalue weighted by Gasteiger charge is 2.37. The van der Waals surface area contributed by atoms with E-state index < -0.39 is 12.1 Å². The fourth-order valence-corrected chi connectivity index (χ4v) is 2.31. The van der Waals surface area contributed by atoms with Gasteiger partial charge in [-0.3, -0.25) is 14.9 Å². The Labute approximate surface area is 117 Å². The van der Waals surface area contributed by atoms with E-state index in [1.54, 1.807) is 24.3 Å². The predicted molar refractivity (Wildman–Crippen MR) is 73.1 cm³/mol. The van der Waals surface area contributed by atoms with E-state index in [1.807, 2.05) is 6.92 Å². The number of carbonyl (C=O) groups excluding carboxylic acids is 1. The average Bonchev–Trinajstić information content (AvgIpc) is 2.45. The molecule has 1 heterocycles. The maximum absolute atomic E-state index is 11.5. The smallest absolute Gasteiger partial charge is 0.237 e. The molecule has 1 aromatic carbocycles. The first-order valence-electron chi connectivity index (χ1n) is 6.77. The van der Waals surface area contributed by atoms with Gasteiger partial charge >= 0.3 is 0 Å². The molecule has 0 aliphatic carbocycles. The summed E-state index contributed by atoms with van der Waals surface area (Å²) in [4.78, 5) is 22.2. The summed E-state index contributed by atoms with van der Waals surface area (Å²) >= 11 is 0. The van der Waals surface area contributed by atoms with Crippen LogP contribution in [0.5, 0.6) is 5.75 Å². The average molecular weight is 278 g/mol. The van der Waals surface area contributed by atoms with Crippen LogP contribution in [0, 0.1) is 10.1 Å². The SMILES string of the molecule is CCCOc1ccc([C@@H]2NC(=O)CC[C@@H]2[N+](=O)[O-])cc1. The van der Waals surface area contributed by atoms with E-state index in [9.17, 15) is 14.9 Å². The van der Waals surface area contributed by atoms with E-state index in [1.165, 1.54) is 0 Å². The number of benzene rings is 1. The van der Waals surface area contributed by atoms with Gasteiger partial charge in [0.1, 0.15) is 11.8 Å². The van der Waals surface area contributed by atoms with E-state index >= 15 is 0 Å². The van der Waals surface area contributed by atoms with Crippen molar-refractivity contribution in [2.45, 2.75) is 38.3 Å². The molecule has 1 aliphatic rings. The van der Waals surface area contributed by atoms with E-state index in [-0.39, 0.29) is 23.7 Å². The zero-order valence-electron chi connectivity index (χ0n) is 11.4. The normalized spacial score (nSPS) is 22.1. The first-order valence-corrected chi connectivity index (χ1v) is 6.77. The Bertz CT molecular complexity index is 486. The summed E-state index contributed by atoms with van der Waals surface area (Å²) < 4.78 is 5.47. The second kappa shape index (κ2) is 6.36. The third-order valence-electron chi connectivity index (χ3n) is 3.35. The molecule has 0 aromatic heterocycles. The van der Waals surface area contributed by atoms with Crippen molar-refractivity contribution in [1.29, 1.82) is 0 Å². The Morgan fingerprint density at radius 1 is 1.40 bits per heavy atom. The summed E-state index contributed by atoms with van der Waals surface area (Å²) in [6.45, 7) is 2.66. The Balaban J connectivity index is 2.14. The van der Waals surface area contributed by atoms with Crippen molar-refractivity contribution in [3.8, 4) is 5.75 Å². The van der Waals surface area contributed by atoms with Gasteiger partial charge in [0.15, 0.2) is 0 Å². The molecule has 6 nitrogen and oxygen atoms in total. The number of piperidine rings is 1. The van der Waals surface area contributed by atoms with Crippen LogP contribution in [0.4, 0.5) is 0 Å². The van der Waals surface area contributed by atoms with Gasteiger partial charge in [-0.2, -0.15) is 0 Å². The van der Waals surface area contributed by atoms with Crippen LogP contribution >= 0.6 is 0 Å². The highest BCUT2D eigenvalue weighted by Crippen LogP contribution is 2.27. The Hall–Kier alpha value is -2.11. The molecule has 1 aliphatic heterocycles. The number of nitrogens with one attached hydrogen (secondary N) is 1. The fourth-order valence-electron chi connectivity index (χ4n) is 2.31. The lowest BCUT2D eigenvalue weighted by Crippen LogP contribution is -2.45. The van der Waals surface area contributed by atoms with Crippen LogP contribution in [0.3, 0.4) is 0 Å². The van der Waals surface area contributed by atoms with Crippen LogP contribution in [-0.4, -0.2) is 23.5 Å². The summed E-state index contributed by atoms with van der Waals surface area (Å²) in [7, 11) is 0. The minimum Gasteiger partial charge on any atom is -0.494 e. The quantitative estimate of drug-likeness (QED) is 0.660. The molecular weight excluding hydrogens is 260 g/mol. The van der Waals surface area contributed by atoms with Crippen molar-refractivity contribution in [3.63, 3.8) is 0 Å². The van der Waals surface area contributed by atoms with E-state index in [0.29, 0.717) is 6.61 Å². The lowest BCUT2D eigenvalue weighted by Gasteiger charge is -2.26. The molecule has 6 heteroatoms. The van der Waals surface area contributed by atoms with Gasteiger partial charge in [-0.1, -0.05) is 19.1 Å². The van der Waals surface area contributed by atoms with Gasteiger partial charge in [0.05, 0.1) is 6.61 Å². The van der Waals surface area contributed by atoms with Gasteiger partial charge in [-0.25, -0.2) is 0 Å². The van der Waals surface area contributed by atoms with Gasteiger partial charge in [-0.05, 0) is 24.1 Å². The number of carbonyl (C=O) groups is 1. The second-order valence-electron chi connectivity index (χ2n) is 4.85. The standard InChI is InChI=1S/C14H18N2O4/c1-2-9-20-11-5-3-10(4-6-11)14-12(16(18)19)7-8-13(17)15-14/h3-6,12,14H,2,7-9H2,1H3,(H,15,17)/t12-,14-/m0/s1. The molecule has 1 saturated heterocycles. The molecule has 0 bridgehead atoms. The van der Waals surface area contributed by atoms with Crippen molar-refractivity contribution in [2.75, 3.05) is 6.61 Å². The molecule has 1 aromatic rings. The lowest BCUT2D eigenvalue weighted by atomic mass is 9.92. The molecule has 20 heavy (non-hydrogen) atoms. The largest absolute Gasteiger partial charge is 0.494 e. The minimum absolute atomic E-state index is 0.139. The number of nitro groups is 1. The monoisotopic (exact) mass is 278 g/mol. The van der Waals surface area contributed by atoms with Crippen LogP contribution in [-0.2, 0) is 4.79 Å². The number of nitrogens with zero attached hydrogens (tertiary/aromatic N) is 1. The second-order valence-corrected chi connectivity index (χ2v) is 4.85. The van der Waals surface area contributed by atoms with Crippen molar-refractivity contribution in [2.24, 2.45) is 0 Å². The van der Waals surface area contributed by atoms with Crippen molar-refractivity contribution >= 4 is 5.91 Å². The Morgan fingerprint density at radius 3 is 2.70 bits per heavy atom. The van der Waals surface area contributed by atoms with Gasteiger partial charge in [0, 0.05) is 17.8 Å². The van der Waals surface area contributed by atoms with Gasteiger partial charge < -0.3 is 10.1 Å². The van der Waals surface area contributed by atoms with E-state index in [0.717, 1.165) is 17.7 Å². The summed E-state index contributed by atoms with van der Waals surface area (Å²) in [5.41, 5.74) is 0.739. The molecule has 2 rings (SSSR count). The summed E-state index contributed by atoms with van der Waals surface area (Å²) in [5, 5.41) is 13.8. The predicted octanol–water partition coefficient (Wildman–Crippen LogP) is 2.07. The van der Waals surface area contributed by atoms with Gasteiger partial charge in [-0.15, -0.1) is 0 Å². The lowest BCUT2D eigenvalue weighted by molar-refractivity contribution is -0.529. The summed E-state index contributed by atoms with van der Waals surface area (Å²) in [6, 6.07) is 5.78. The number of ether oxygens (including phenoxy) is 1. The molecule has 0 spiro atoms. The summed E-state index contributed by atoms with van der Waals surface area (Å²) in [5.74, 6) is 0.592. The highest BCUT2D eigenvalue weighted by atomic mass is 16.6. The van der Waals surface area contributed by atoms with Gasteiger partial charge in [0.2, 0.25) is 11.9 Å². The molecule has 1 fully saturated rings. The Morgan fingerprint density at radius 2 is 2.10 bits per heavy atom. The maximum atomic E-state index is 11.5. The first kappa shape index (κ1) is 14.3. The van der Waals surface area contributed by atoms with Crippen LogP contribution < -0.4 is 10.1 Å². The minimum atomic E-state index is -0.768. The first-order chi connectivity index (χ1) is 9.61. The van der Waals surface area contributed by atoms with Crippen LogP contribution in [0.25, 0.3) is 0 Å². The molecule has 108 valence electrons. The Kier molecular flexibility index (Phi) is 4.55. The van der Waals surface area contributed by atoms with Gasteiger partial charge in [0.25, 0.3) is 0 Å². The van der Waals surface area contributed by atoms with Crippen molar-refractivity contribution in [3.05, 3.63) is 39.9 Å². The molecule has 2 atom stereocenters. The van der Waals surface area contributed by atoms with E-state index in [2.05, 4.69) is 5.32 Å². The van der Waals surface area contributed by atoms with Crippen LogP contribution in [0.1, 0.15) is 37.8 Å². The molecule has 0 radical (unpaired) electrons. The zero-order valence-corrected chi connectivity index (χ0v) is 11.4. The fraction of sp³-hybridized carbons (Fsp3) is 0.500. The maximum Gasteiger partial charge on any atom is 0.237 e.